The quantitative estimate of drug-likeness (QED) is 0.555. The molecule has 0 aromatic carbocycles. The highest BCUT2D eigenvalue weighted by atomic mass is 32.1. The molecule has 3 aliphatic heterocycles. The zero-order chi connectivity index (χ0) is 28.1. The Morgan fingerprint density at radius 1 is 1.32 bits per heavy atom. The third kappa shape index (κ3) is 5.01. The summed E-state index contributed by atoms with van der Waals surface area (Å²) in [7, 11) is 1.69. The lowest BCUT2D eigenvalue weighted by molar-refractivity contribution is -0.143. The van der Waals surface area contributed by atoms with Crippen molar-refractivity contribution in [3.63, 3.8) is 0 Å². The Bertz CT molecular complexity index is 1260. The van der Waals surface area contributed by atoms with Crippen molar-refractivity contribution in [2.45, 2.75) is 56.6 Å². The molecule has 5 atom stereocenters. The zero-order valence-corrected chi connectivity index (χ0v) is 23.1. The molecule has 0 spiro atoms. The highest BCUT2D eigenvalue weighted by Gasteiger charge is 2.59. The van der Waals surface area contributed by atoms with E-state index in [-0.39, 0.29) is 36.6 Å². The van der Waals surface area contributed by atoms with Crippen molar-refractivity contribution < 1.29 is 27.4 Å². The molecule has 6 rings (SSSR count). The standard InChI is InChI=1S/C27H33F3N6O3S/c1-38-23-14-39-7-3-22(23)33-20-9-19-13-36(25(40)35-6-4-31-16-35)15-26(19,10-20)24(37)34-5-2-21-17(12-34)8-18(11-32-21)27(28,29)30/h4,6,8,11,16,19-20,22-23,33H,2-3,5,7,9-10,12-15H2,1H3/t19-,20+,22?,23?,26-/m0/s1. The van der Waals surface area contributed by atoms with Gasteiger partial charge >= 0.3 is 6.18 Å². The third-order valence-electron chi connectivity index (χ3n) is 9.01. The maximum atomic E-state index is 14.4. The second-order valence-corrected chi connectivity index (χ2v) is 11.7. The number of hydrogen-bond acceptors (Lipinski definition) is 7. The molecule has 216 valence electrons. The summed E-state index contributed by atoms with van der Waals surface area (Å²) in [6.07, 6.45) is 4.12. The lowest BCUT2D eigenvalue weighted by atomic mass is 9.78. The van der Waals surface area contributed by atoms with Crippen LogP contribution in [0.5, 0.6) is 0 Å². The number of amides is 1. The fourth-order valence-electron chi connectivity index (χ4n) is 7.02. The van der Waals surface area contributed by atoms with Crippen LogP contribution >= 0.6 is 12.2 Å². The fourth-order valence-corrected chi connectivity index (χ4v) is 7.26. The van der Waals surface area contributed by atoms with Gasteiger partial charge < -0.3 is 24.6 Å². The first kappa shape index (κ1) is 27.6. The highest BCUT2D eigenvalue weighted by Crippen LogP contribution is 2.51. The summed E-state index contributed by atoms with van der Waals surface area (Å²) in [4.78, 5) is 26.4. The molecular formula is C27H33F3N6O3S. The molecule has 1 saturated carbocycles. The number of thiocarbonyl (C=S) groups is 1. The van der Waals surface area contributed by atoms with Gasteiger partial charge in [0.15, 0.2) is 5.11 Å². The van der Waals surface area contributed by atoms with Gasteiger partial charge in [0, 0.05) is 82.7 Å². The minimum Gasteiger partial charge on any atom is -0.379 e. The molecule has 1 amide bonds. The van der Waals surface area contributed by atoms with E-state index in [0.717, 1.165) is 25.1 Å². The monoisotopic (exact) mass is 578 g/mol. The first-order chi connectivity index (χ1) is 19.2. The summed E-state index contributed by atoms with van der Waals surface area (Å²) in [5.41, 5.74) is -0.410. The second-order valence-electron chi connectivity index (χ2n) is 11.3. The number of halogens is 3. The van der Waals surface area contributed by atoms with E-state index in [1.54, 1.807) is 35.3 Å². The number of rotatable bonds is 4. The second kappa shape index (κ2) is 10.7. The van der Waals surface area contributed by atoms with Gasteiger partial charge in [-0.3, -0.25) is 14.3 Å². The van der Waals surface area contributed by atoms with Crippen LogP contribution in [0, 0.1) is 11.3 Å². The van der Waals surface area contributed by atoms with Gasteiger partial charge in [0.05, 0.1) is 23.7 Å². The van der Waals surface area contributed by atoms with Crippen LogP contribution in [-0.4, -0.2) is 93.5 Å². The van der Waals surface area contributed by atoms with Gasteiger partial charge in [-0.05, 0) is 49.0 Å². The summed E-state index contributed by atoms with van der Waals surface area (Å²) in [5.74, 6) is 0.0249. The van der Waals surface area contributed by atoms with Gasteiger partial charge in [-0.2, -0.15) is 13.2 Å². The Balaban J connectivity index is 1.25. The Kier molecular flexibility index (Phi) is 7.34. The molecule has 2 aromatic rings. The highest BCUT2D eigenvalue weighted by molar-refractivity contribution is 7.80. The van der Waals surface area contributed by atoms with E-state index >= 15 is 0 Å². The van der Waals surface area contributed by atoms with Gasteiger partial charge in [0.25, 0.3) is 0 Å². The van der Waals surface area contributed by atoms with Crippen molar-refractivity contribution in [3.05, 3.63) is 47.8 Å². The van der Waals surface area contributed by atoms with E-state index < -0.39 is 17.2 Å². The van der Waals surface area contributed by atoms with Crippen LogP contribution in [0.25, 0.3) is 0 Å². The SMILES string of the molecule is COC1COCCC1N[C@@H]1C[C@H]2CN(C(=S)n3ccnc3)C[C@@]2(C(=O)N2CCc3ncc(C(F)(F)F)cc3C2)C1. The number of fused-ring (bicyclic) bond motifs is 2. The molecule has 2 unspecified atom stereocenters. The van der Waals surface area contributed by atoms with Gasteiger partial charge in [-0.1, -0.05) is 0 Å². The molecule has 0 bridgehead atoms. The Morgan fingerprint density at radius 2 is 2.17 bits per heavy atom. The molecule has 2 saturated heterocycles. The van der Waals surface area contributed by atoms with E-state index in [1.807, 2.05) is 0 Å². The summed E-state index contributed by atoms with van der Waals surface area (Å²) in [6, 6.07) is 1.38. The van der Waals surface area contributed by atoms with E-state index in [2.05, 4.69) is 20.2 Å². The van der Waals surface area contributed by atoms with E-state index in [1.165, 1.54) is 0 Å². The number of likely N-dealkylation sites (tertiary alicyclic amines) is 1. The average molecular weight is 579 g/mol. The third-order valence-corrected chi connectivity index (χ3v) is 9.48. The van der Waals surface area contributed by atoms with Crippen LogP contribution < -0.4 is 5.32 Å². The molecule has 0 radical (unpaired) electrons. The molecule has 1 N–H and O–H groups in total. The number of pyridine rings is 1. The summed E-state index contributed by atoms with van der Waals surface area (Å²) in [5, 5.41) is 4.36. The van der Waals surface area contributed by atoms with E-state index in [9.17, 15) is 18.0 Å². The number of imidazole rings is 1. The number of nitrogens with one attached hydrogen (secondary N) is 1. The molecule has 9 nitrogen and oxygen atoms in total. The predicted octanol–water partition coefficient (Wildman–Crippen LogP) is 2.49. The lowest BCUT2D eigenvalue weighted by Gasteiger charge is -2.38. The van der Waals surface area contributed by atoms with Crippen molar-refractivity contribution in [3.8, 4) is 0 Å². The number of ether oxygens (including phenoxy) is 2. The Hall–Kier alpha value is -2.61. The number of aromatic nitrogens is 3. The number of alkyl halides is 3. The summed E-state index contributed by atoms with van der Waals surface area (Å²) >= 11 is 5.76. The minimum absolute atomic E-state index is 0.0175. The predicted molar refractivity (Wildman–Crippen MR) is 142 cm³/mol. The molecule has 5 heterocycles. The van der Waals surface area contributed by atoms with Gasteiger partial charge in [0.2, 0.25) is 5.91 Å². The number of nitrogens with zero attached hydrogens (tertiary/aromatic N) is 5. The molecule has 4 aliphatic rings. The van der Waals surface area contributed by atoms with Gasteiger partial charge in [0.1, 0.15) is 6.33 Å². The maximum Gasteiger partial charge on any atom is 0.417 e. The van der Waals surface area contributed by atoms with Crippen LogP contribution in [-0.2, 0) is 33.4 Å². The average Bonchev–Trinajstić information content (AvgIpc) is 3.67. The summed E-state index contributed by atoms with van der Waals surface area (Å²) in [6.45, 7) is 2.82. The van der Waals surface area contributed by atoms with Gasteiger partial charge in [-0.25, -0.2) is 4.98 Å². The molecule has 40 heavy (non-hydrogen) atoms. The number of carbonyl (C=O) groups is 1. The first-order valence-corrected chi connectivity index (χ1v) is 14.1. The van der Waals surface area contributed by atoms with Crippen LogP contribution in [0.4, 0.5) is 13.2 Å². The van der Waals surface area contributed by atoms with Crippen LogP contribution in [0.1, 0.15) is 36.1 Å². The number of hydrogen-bond donors (Lipinski definition) is 1. The smallest absolute Gasteiger partial charge is 0.379 e. The van der Waals surface area contributed by atoms with E-state index in [4.69, 9.17) is 21.7 Å². The maximum absolute atomic E-state index is 14.4. The largest absolute Gasteiger partial charge is 0.417 e. The first-order valence-electron chi connectivity index (χ1n) is 13.7. The molecule has 1 aliphatic carbocycles. The summed E-state index contributed by atoms with van der Waals surface area (Å²) < 4.78 is 53.2. The topological polar surface area (TPSA) is 84.8 Å². The minimum atomic E-state index is -4.48. The fraction of sp³-hybridized carbons (Fsp3) is 0.630. The molecular weight excluding hydrogens is 545 g/mol. The normalized spacial score (nSPS) is 30.3. The zero-order valence-electron chi connectivity index (χ0n) is 22.3. The van der Waals surface area contributed by atoms with Crippen molar-refractivity contribution >= 4 is 23.2 Å². The Labute approximate surface area is 236 Å². The lowest BCUT2D eigenvalue weighted by Crippen LogP contribution is -2.52. The Morgan fingerprint density at radius 3 is 2.92 bits per heavy atom. The van der Waals surface area contributed by atoms with Crippen molar-refractivity contribution in [1.29, 1.82) is 0 Å². The molecule has 13 heteroatoms. The van der Waals surface area contributed by atoms with Gasteiger partial charge in [-0.15, -0.1) is 0 Å². The van der Waals surface area contributed by atoms with Crippen LogP contribution in [0.3, 0.4) is 0 Å². The number of carbonyl (C=O) groups excluding carboxylic acids is 1. The molecule has 2 aromatic heterocycles. The van der Waals surface area contributed by atoms with Crippen LogP contribution in [0.15, 0.2) is 31.0 Å². The number of methoxy groups -OCH3 is 1. The van der Waals surface area contributed by atoms with E-state index in [0.29, 0.717) is 62.1 Å². The van der Waals surface area contributed by atoms with Crippen molar-refractivity contribution in [2.75, 3.05) is 40.0 Å². The van der Waals surface area contributed by atoms with Crippen molar-refractivity contribution in [2.24, 2.45) is 11.3 Å². The molecule has 3 fully saturated rings. The van der Waals surface area contributed by atoms with Crippen LogP contribution in [0.2, 0.25) is 0 Å². The van der Waals surface area contributed by atoms with Crippen molar-refractivity contribution in [1.82, 2.24) is 29.7 Å².